The van der Waals surface area contributed by atoms with Gasteiger partial charge in [-0.15, -0.1) is 0 Å². The summed E-state index contributed by atoms with van der Waals surface area (Å²) < 4.78 is 31.8. The Balaban J connectivity index is 1.90. The number of aryl methyl sites for hydroxylation is 1. The number of halogens is 2. The Labute approximate surface area is 140 Å². The zero-order valence-electron chi connectivity index (χ0n) is 14.0. The van der Waals surface area contributed by atoms with Gasteiger partial charge >= 0.3 is 0 Å². The normalized spacial score (nSPS) is 11.3. The summed E-state index contributed by atoms with van der Waals surface area (Å²) in [4.78, 5) is 4.12. The highest BCUT2D eigenvalue weighted by molar-refractivity contribution is 5.79. The maximum Gasteiger partial charge on any atom is 0.191 e. The molecule has 0 saturated heterocycles. The summed E-state index contributed by atoms with van der Waals surface area (Å²) in [6.07, 6.45) is 0. The van der Waals surface area contributed by atoms with Crippen LogP contribution >= 0.6 is 0 Å². The largest absolute Gasteiger partial charge is 0.494 e. The number of nitrogens with zero attached hydrogens (tertiary/aromatic N) is 1. The molecule has 0 fully saturated rings. The molecule has 0 saturated carbocycles. The molecule has 0 aliphatic carbocycles. The maximum atomic E-state index is 13.7. The predicted octanol–water partition coefficient (Wildman–Crippen LogP) is 3.15. The summed E-state index contributed by atoms with van der Waals surface area (Å²) in [5, 5.41) is 6.24. The van der Waals surface area contributed by atoms with Crippen molar-refractivity contribution in [1.29, 1.82) is 0 Å². The van der Waals surface area contributed by atoms with Crippen LogP contribution in [0.3, 0.4) is 0 Å². The van der Waals surface area contributed by atoms with Gasteiger partial charge in [-0.25, -0.2) is 8.78 Å². The SMILES string of the molecule is CN=C(NCc1ccc(F)c(C)c1)NCc1ccc(OC)c(F)c1. The van der Waals surface area contributed by atoms with Gasteiger partial charge in [0.15, 0.2) is 17.5 Å². The molecular weight excluding hydrogens is 312 g/mol. The maximum absolute atomic E-state index is 13.7. The predicted molar refractivity (Wildman–Crippen MR) is 91.1 cm³/mol. The topological polar surface area (TPSA) is 45.7 Å². The molecule has 0 heterocycles. The first-order valence-corrected chi connectivity index (χ1v) is 7.55. The minimum absolute atomic E-state index is 0.216. The highest BCUT2D eigenvalue weighted by Gasteiger charge is 2.05. The van der Waals surface area contributed by atoms with Crippen molar-refractivity contribution in [2.75, 3.05) is 14.2 Å². The molecule has 2 aromatic rings. The van der Waals surface area contributed by atoms with Crippen LogP contribution in [0.15, 0.2) is 41.4 Å². The van der Waals surface area contributed by atoms with Gasteiger partial charge in [0.05, 0.1) is 7.11 Å². The van der Waals surface area contributed by atoms with Crippen molar-refractivity contribution in [1.82, 2.24) is 10.6 Å². The molecule has 0 radical (unpaired) electrons. The molecule has 6 heteroatoms. The molecule has 0 atom stereocenters. The molecule has 0 aliphatic heterocycles. The van der Waals surface area contributed by atoms with Gasteiger partial charge in [0.1, 0.15) is 5.82 Å². The number of rotatable bonds is 5. The average Bonchev–Trinajstić information content (AvgIpc) is 2.58. The van der Waals surface area contributed by atoms with Gasteiger partial charge < -0.3 is 15.4 Å². The van der Waals surface area contributed by atoms with Crippen molar-refractivity contribution in [3.05, 3.63) is 64.7 Å². The Kier molecular flexibility index (Phi) is 6.12. The number of hydrogen-bond donors (Lipinski definition) is 2. The quantitative estimate of drug-likeness (QED) is 0.653. The van der Waals surface area contributed by atoms with Crippen LogP contribution < -0.4 is 15.4 Å². The van der Waals surface area contributed by atoms with E-state index in [2.05, 4.69) is 15.6 Å². The van der Waals surface area contributed by atoms with Gasteiger partial charge in [-0.3, -0.25) is 4.99 Å². The second kappa shape index (κ2) is 8.29. The van der Waals surface area contributed by atoms with Gasteiger partial charge in [-0.05, 0) is 41.8 Å². The standard InChI is InChI=1S/C18H21F2N3O/c1-12-8-13(4-6-15(12)19)10-22-18(21-2)23-11-14-5-7-17(24-3)16(20)9-14/h4-9H,10-11H2,1-3H3,(H2,21,22,23). The molecule has 2 aromatic carbocycles. The number of methoxy groups -OCH3 is 1. The van der Waals surface area contributed by atoms with Crippen LogP contribution in [0, 0.1) is 18.6 Å². The summed E-state index contributed by atoms with van der Waals surface area (Å²) in [5.74, 6) is 0.172. The molecule has 0 unspecified atom stereocenters. The number of benzene rings is 2. The van der Waals surface area contributed by atoms with Gasteiger partial charge in [-0.1, -0.05) is 18.2 Å². The number of aliphatic imine (C=N–C) groups is 1. The third kappa shape index (κ3) is 4.68. The molecule has 0 amide bonds. The van der Waals surface area contributed by atoms with E-state index in [1.807, 2.05) is 0 Å². The number of ether oxygens (including phenoxy) is 1. The summed E-state index contributed by atoms with van der Waals surface area (Å²) in [6, 6.07) is 9.75. The third-order valence-electron chi connectivity index (χ3n) is 3.58. The Morgan fingerprint density at radius 1 is 1.00 bits per heavy atom. The molecule has 0 spiro atoms. The first-order valence-electron chi connectivity index (χ1n) is 7.55. The zero-order valence-corrected chi connectivity index (χ0v) is 14.0. The first-order chi connectivity index (χ1) is 11.5. The lowest BCUT2D eigenvalue weighted by Gasteiger charge is -2.13. The van der Waals surface area contributed by atoms with Crippen molar-refractivity contribution in [3.63, 3.8) is 0 Å². The van der Waals surface area contributed by atoms with E-state index in [-0.39, 0.29) is 11.6 Å². The molecule has 4 nitrogen and oxygen atoms in total. The van der Waals surface area contributed by atoms with Crippen molar-refractivity contribution >= 4 is 5.96 Å². The second-order valence-corrected chi connectivity index (χ2v) is 5.33. The molecule has 24 heavy (non-hydrogen) atoms. The van der Waals surface area contributed by atoms with Gasteiger partial charge in [0.2, 0.25) is 0 Å². The van der Waals surface area contributed by atoms with Gasteiger partial charge in [0, 0.05) is 20.1 Å². The van der Waals surface area contributed by atoms with Crippen LogP contribution in [-0.2, 0) is 13.1 Å². The van der Waals surface area contributed by atoms with Gasteiger partial charge in [0.25, 0.3) is 0 Å². The fourth-order valence-corrected chi connectivity index (χ4v) is 2.23. The van der Waals surface area contributed by atoms with Crippen LogP contribution in [-0.4, -0.2) is 20.1 Å². The van der Waals surface area contributed by atoms with Crippen LogP contribution in [0.5, 0.6) is 5.75 Å². The Morgan fingerprint density at radius 2 is 1.62 bits per heavy atom. The van der Waals surface area contributed by atoms with E-state index < -0.39 is 5.82 Å². The highest BCUT2D eigenvalue weighted by atomic mass is 19.1. The smallest absolute Gasteiger partial charge is 0.191 e. The molecular formula is C18H21F2N3O. The molecule has 2 N–H and O–H groups in total. The lowest BCUT2D eigenvalue weighted by Crippen LogP contribution is -2.36. The third-order valence-corrected chi connectivity index (χ3v) is 3.58. The molecule has 2 rings (SSSR count). The van der Waals surface area contributed by atoms with Crippen molar-refractivity contribution in [3.8, 4) is 5.75 Å². The minimum atomic E-state index is -0.401. The van der Waals surface area contributed by atoms with E-state index in [1.165, 1.54) is 19.2 Å². The van der Waals surface area contributed by atoms with Crippen LogP contribution in [0.25, 0.3) is 0 Å². The van der Waals surface area contributed by atoms with Gasteiger partial charge in [-0.2, -0.15) is 0 Å². The van der Waals surface area contributed by atoms with E-state index in [1.54, 1.807) is 38.2 Å². The fourth-order valence-electron chi connectivity index (χ4n) is 2.23. The van der Waals surface area contributed by atoms with Crippen LogP contribution in [0.2, 0.25) is 0 Å². The van der Waals surface area contributed by atoms with E-state index in [9.17, 15) is 8.78 Å². The molecule has 128 valence electrons. The number of hydrogen-bond acceptors (Lipinski definition) is 2. The molecule has 0 bridgehead atoms. The first kappa shape index (κ1) is 17.7. The summed E-state index contributed by atoms with van der Waals surface area (Å²) in [7, 11) is 3.08. The number of nitrogens with one attached hydrogen (secondary N) is 2. The van der Waals surface area contributed by atoms with E-state index in [0.29, 0.717) is 24.6 Å². The van der Waals surface area contributed by atoms with Crippen LogP contribution in [0.1, 0.15) is 16.7 Å². The average molecular weight is 333 g/mol. The van der Waals surface area contributed by atoms with Crippen LogP contribution in [0.4, 0.5) is 8.78 Å². The lowest BCUT2D eigenvalue weighted by molar-refractivity contribution is 0.386. The highest BCUT2D eigenvalue weighted by Crippen LogP contribution is 2.17. The minimum Gasteiger partial charge on any atom is -0.494 e. The lowest BCUT2D eigenvalue weighted by atomic mass is 10.1. The van der Waals surface area contributed by atoms with E-state index in [4.69, 9.17) is 4.74 Å². The Morgan fingerprint density at radius 3 is 2.17 bits per heavy atom. The number of guanidine groups is 1. The van der Waals surface area contributed by atoms with Crippen molar-refractivity contribution < 1.29 is 13.5 Å². The zero-order chi connectivity index (χ0) is 17.5. The van der Waals surface area contributed by atoms with E-state index >= 15 is 0 Å². The molecule has 0 aliphatic rings. The Hall–Kier alpha value is -2.63. The second-order valence-electron chi connectivity index (χ2n) is 5.33. The monoisotopic (exact) mass is 333 g/mol. The fraction of sp³-hybridized carbons (Fsp3) is 0.278. The van der Waals surface area contributed by atoms with Crippen molar-refractivity contribution in [2.24, 2.45) is 4.99 Å². The van der Waals surface area contributed by atoms with Crippen molar-refractivity contribution in [2.45, 2.75) is 20.0 Å². The van der Waals surface area contributed by atoms with E-state index in [0.717, 1.165) is 11.1 Å². The Bertz CT molecular complexity index is 732. The summed E-state index contributed by atoms with van der Waals surface area (Å²) in [6.45, 7) is 2.66. The molecule has 0 aromatic heterocycles. The summed E-state index contributed by atoms with van der Waals surface area (Å²) in [5.41, 5.74) is 2.33. The summed E-state index contributed by atoms with van der Waals surface area (Å²) >= 11 is 0.